The van der Waals surface area contributed by atoms with Gasteiger partial charge in [0.2, 0.25) is 0 Å². The fourth-order valence-electron chi connectivity index (χ4n) is 3.46. The number of hydrogen-bond donors (Lipinski definition) is 1. The van der Waals surface area contributed by atoms with Gasteiger partial charge in [-0.25, -0.2) is 14.4 Å². The van der Waals surface area contributed by atoms with Gasteiger partial charge < -0.3 is 24.1 Å². The first-order valence-corrected chi connectivity index (χ1v) is 10.6. The highest BCUT2D eigenvalue weighted by molar-refractivity contribution is 5.90. The molecule has 1 aliphatic heterocycles. The summed E-state index contributed by atoms with van der Waals surface area (Å²) in [5.41, 5.74) is 0.838. The third-order valence-electron chi connectivity index (χ3n) is 5.18. The Hall–Kier alpha value is -4.01. The summed E-state index contributed by atoms with van der Waals surface area (Å²) >= 11 is 0. The summed E-state index contributed by atoms with van der Waals surface area (Å²) in [5.74, 6) is -2.05. The zero-order valence-corrected chi connectivity index (χ0v) is 18.0. The monoisotopic (exact) mass is 462 g/mol. The van der Waals surface area contributed by atoms with E-state index in [2.05, 4.69) is 0 Å². The third-order valence-corrected chi connectivity index (χ3v) is 5.18. The van der Waals surface area contributed by atoms with Crippen molar-refractivity contribution in [1.82, 2.24) is 0 Å². The lowest BCUT2D eigenvalue weighted by Gasteiger charge is -2.23. The molecule has 1 heterocycles. The van der Waals surface area contributed by atoms with Crippen LogP contribution in [0.5, 0.6) is 0 Å². The fourth-order valence-corrected chi connectivity index (χ4v) is 3.46. The minimum absolute atomic E-state index is 0.252. The molecule has 4 rings (SSSR count). The maximum atomic E-state index is 12.7. The first-order valence-electron chi connectivity index (χ1n) is 10.6. The van der Waals surface area contributed by atoms with Crippen LogP contribution in [0.4, 0.5) is 0 Å². The van der Waals surface area contributed by atoms with Gasteiger partial charge in [0.25, 0.3) is 0 Å². The number of rotatable bonds is 7. The number of aliphatic hydroxyl groups excluding tert-OH is 1. The standard InChI is InChI=1S/C26H22O8/c27-23(17-10-4-1-5-11-17)31-16-20-21(33-24(28)18-12-6-2-7-13-18)22(26(30)32-20)34-25(29)19-14-8-3-9-15-19/h1-15,20-22,26,30H,16H2/t20?,21-,22+,26+/m0/s1. The van der Waals surface area contributed by atoms with E-state index in [1.165, 1.54) is 0 Å². The first-order chi connectivity index (χ1) is 16.5. The van der Waals surface area contributed by atoms with Gasteiger partial charge in [-0.2, -0.15) is 0 Å². The van der Waals surface area contributed by atoms with Gasteiger partial charge in [-0.15, -0.1) is 0 Å². The quantitative estimate of drug-likeness (QED) is 0.422. The first kappa shape index (κ1) is 23.2. The summed E-state index contributed by atoms with van der Waals surface area (Å²) in [6.07, 6.45) is -5.22. The van der Waals surface area contributed by atoms with E-state index < -0.39 is 42.5 Å². The van der Waals surface area contributed by atoms with E-state index in [1.807, 2.05) is 0 Å². The highest BCUT2D eigenvalue weighted by Crippen LogP contribution is 2.28. The van der Waals surface area contributed by atoms with Crippen LogP contribution in [0.25, 0.3) is 0 Å². The molecule has 1 saturated heterocycles. The summed E-state index contributed by atoms with van der Waals surface area (Å²) in [4.78, 5) is 37.6. The van der Waals surface area contributed by atoms with Gasteiger partial charge in [0.15, 0.2) is 18.5 Å². The molecule has 0 saturated carbocycles. The van der Waals surface area contributed by atoms with Gasteiger partial charge in [-0.3, -0.25) is 0 Å². The molecule has 8 heteroatoms. The zero-order valence-electron chi connectivity index (χ0n) is 18.0. The molecule has 0 aromatic heterocycles. The minimum atomic E-state index is -1.60. The molecule has 174 valence electrons. The number of aliphatic hydroxyl groups is 1. The summed E-state index contributed by atoms with van der Waals surface area (Å²) in [5, 5.41) is 10.5. The number of benzene rings is 3. The predicted molar refractivity (Wildman–Crippen MR) is 119 cm³/mol. The van der Waals surface area contributed by atoms with Crippen molar-refractivity contribution in [2.24, 2.45) is 0 Å². The van der Waals surface area contributed by atoms with Gasteiger partial charge in [0, 0.05) is 0 Å². The van der Waals surface area contributed by atoms with Crippen molar-refractivity contribution in [3.63, 3.8) is 0 Å². The maximum Gasteiger partial charge on any atom is 0.338 e. The van der Waals surface area contributed by atoms with Crippen LogP contribution < -0.4 is 0 Å². The summed E-state index contributed by atoms with van der Waals surface area (Å²) < 4.78 is 21.8. The molecule has 1 N–H and O–H groups in total. The van der Waals surface area contributed by atoms with E-state index in [9.17, 15) is 19.5 Å². The van der Waals surface area contributed by atoms with E-state index in [4.69, 9.17) is 18.9 Å². The zero-order chi connectivity index (χ0) is 23.9. The number of ether oxygens (including phenoxy) is 4. The smallest absolute Gasteiger partial charge is 0.338 e. The Labute approximate surface area is 195 Å². The largest absolute Gasteiger partial charge is 0.459 e. The van der Waals surface area contributed by atoms with Crippen LogP contribution in [0.1, 0.15) is 31.1 Å². The van der Waals surface area contributed by atoms with Crippen molar-refractivity contribution >= 4 is 17.9 Å². The Morgan fingerprint density at radius 3 is 1.53 bits per heavy atom. The SMILES string of the molecule is O=C(OCC1O[C@@H](O)[C@H](OC(=O)c2ccccc2)[C@H]1OC(=O)c1ccccc1)c1ccccc1. The molecule has 3 aromatic rings. The van der Waals surface area contributed by atoms with Crippen LogP contribution in [0.3, 0.4) is 0 Å². The lowest BCUT2D eigenvalue weighted by Crippen LogP contribution is -2.42. The summed E-state index contributed by atoms with van der Waals surface area (Å²) in [7, 11) is 0. The minimum Gasteiger partial charge on any atom is -0.459 e. The predicted octanol–water partition coefficient (Wildman–Crippen LogP) is 3.01. The van der Waals surface area contributed by atoms with Crippen LogP contribution in [-0.4, -0.2) is 54.2 Å². The molecular formula is C26H22O8. The van der Waals surface area contributed by atoms with Crippen LogP contribution >= 0.6 is 0 Å². The molecular weight excluding hydrogens is 440 g/mol. The average Bonchev–Trinajstić information content (AvgIpc) is 3.17. The molecule has 1 unspecified atom stereocenters. The molecule has 4 atom stereocenters. The van der Waals surface area contributed by atoms with E-state index in [1.54, 1.807) is 91.0 Å². The second-order valence-electron chi connectivity index (χ2n) is 7.50. The molecule has 1 aliphatic rings. The Balaban J connectivity index is 1.51. The van der Waals surface area contributed by atoms with Crippen LogP contribution in [-0.2, 0) is 18.9 Å². The number of carbonyl (C=O) groups is 3. The van der Waals surface area contributed by atoms with Crippen LogP contribution in [0.15, 0.2) is 91.0 Å². The number of esters is 3. The van der Waals surface area contributed by atoms with E-state index >= 15 is 0 Å². The fraction of sp³-hybridized carbons (Fsp3) is 0.192. The molecule has 0 bridgehead atoms. The Kier molecular flexibility index (Phi) is 7.31. The Morgan fingerprint density at radius 2 is 1.06 bits per heavy atom. The van der Waals surface area contributed by atoms with Crippen LogP contribution in [0, 0.1) is 0 Å². The van der Waals surface area contributed by atoms with Crippen molar-refractivity contribution < 1.29 is 38.4 Å². The second kappa shape index (κ2) is 10.7. The summed E-state index contributed by atoms with van der Waals surface area (Å²) in [6.45, 7) is -0.336. The van der Waals surface area contributed by atoms with Gasteiger partial charge >= 0.3 is 17.9 Å². The molecule has 0 spiro atoms. The van der Waals surface area contributed by atoms with E-state index in [0.717, 1.165) is 0 Å². The van der Waals surface area contributed by atoms with Crippen molar-refractivity contribution in [2.45, 2.75) is 24.6 Å². The molecule has 8 nitrogen and oxygen atoms in total. The van der Waals surface area contributed by atoms with E-state index in [-0.39, 0.29) is 17.7 Å². The number of carbonyl (C=O) groups excluding carboxylic acids is 3. The topological polar surface area (TPSA) is 108 Å². The van der Waals surface area contributed by atoms with Gasteiger partial charge in [-0.05, 0) is 36.4 Å². The second-order valence-corrected chi connectivity index (χ2v) is 7.50. The van der Waals surface area contributed by atoms with Crippen molar-refractivity contribution in [1.29, 1.82) is 0 Å². The van der Waals surface area contributed by atoms with Crippen molar-refractivity contribution in [3.05, 3.63) is 108 Å². The lowest BCUT2D eigenvalue weighted by molar-refractivity contribution is -0.135. The van der Waals surface area contributed by atoms with E-state index in [0.29, 0.717) is 5.56 Å². The molecule has 1 fully saturated rings. The molecule has 0 radical (unpaired) electrons. The van der Waals surface area contributed by atoms with Gasteiger partial charge in [0.05, 0.1) is 16.7 Å². The molecule has 34 heavy (non-hydrogen) atoms. The highest BCUT2D eigenvalue weighted by atomic mass is 16.7. The normalized spacial score (nSPS) is 21.4. The lowest BCUT2D eigenvalue weighted by atomic mass is 10.1. The average molecular weight is 462 g/mol. The Morgan fingerprint density at radius 1 is 0.647 bits per heavy atom. The third kappa shape index (κ3) is 5.48. The number of hydrogen-bond acceptors (Lipinski definition) is 8. The van der Waals surface area contributed by atoms with Crippen LogP contribution in [0.2, 0.25) is 0 Å². The Bertz CT molecular complexity index is 1120. The molecule has 3 aromatic carbocycles. The molecule has 0 aliphatic carbocycles. The summed E-state index contributed by atoms with van der Waals surface area (Å²) in [6, 6.07) is 24.7. The highest BCUT2D eigenvalue weighted by Gasteiger charge is 2.50. The van der Waals surface area contributed by atoms with Crippen molar-refractivity contribution in [3.8, 4) is 0 Å². The van der Waals surface area contributed by atoms with Crippen molar-refractivity contribution in [2.75, 3.05) is 6.61 Å². The van der Waals surface area contributed by atoms with Gasteiger partial charge in [0.1, 0.15) is 12.7 Å². The molecule has 0 amide bonds. The maximum absolute atomic E-state index is 12.7. The van der Waals surface area contributed by atoms with Gasteiger partial charge in [-0.1, -0.05) is 54.6 Å².